The van der Waals surface area contributed by atoms with E-state index in [9.17, 15) is 8.78 Å². The summed E-state index contributed by atoms with van der Waals surface area (Å²) in [7, 11) is 0. The van der Waals surface area contributed by atoms with E-state index in [4.69, 9.17) is 10.5 Å². The minimum absolute atomic E-state index is 0.0483. The third-order valence-corrected chi connectivity index (χ3v) is 2.65. The maximum atomic E-state index is 13.2. The summed E-state index contributed by atoms with van der Waals surface area (Å²) in [6.07, 6.45) is 1.51. The Kier molecular flexibility index (Phi) is 3.00. The Hall–Kier alpha value is -1.69. The van der Waals surface area contributed by atoms with Crippen LogP contribution < -0.4 is 10.5 Å². The average Bonchev–Trinajstić information content (AvgIpc) is 2.63. The number of nitrogens with zero attached hydrogens (tertiary/aromatic N) is 1. The van der Waals surface area contributed by atoms with Gasteiger partial charge < -0.3 is 10.5 Å². The van der Waals surface area contributed by atoms with Crippen molar-refractivity contribution in [2.75, 3.05) is 5.73 Å². The van der Waals surface area contributed by atoms with E-state index in [0.29, 0.717) is 10.0 Å². The van der Waals surface area contributed by atoms with E-state index in [-0.39, 0.29) is 12.4 Å². The predicted octanol–water partition coefficient (Wildman–Crippen LogP) is 2.58. The standard InChI is InChI=1S/C10H8F2N2OS/c11-7-2-1-3-8(12)9(7)15-5-6-4-14-10(13)16-6/h1-4H,5H2,(H2,13,14). The smallest absolute Gasteiger partial charge is 0.191 e. The third kappa shape index (κ3) is 2.27. The van der Waals surface area contributed by atoms with Gasteiger partial charge in [0.15, 0.2) is 22.5 Å². The van der Waals surface area contributed by atoms with Gasteiger partial charge in [-0.15, -0.1) is 0 Å². The lowest BCUT2D eigenvalue weighted by molar-refractivity contribution is 0.277. The second-order valence-corrected chi connectivity index (χ2v) is 4.15. The van der Waals surface area contributed by atoms with Gasteiger partial charge in [0, 0.05) is 6.20 Å². The fourth-order valence-corrected chi connectivity index (χ4v) is 1.75. The molecule has 0 unspecified atom stereocenters. The van der Waals surface area contributed by atoms with Crippen molar-refractivity contribution in [3.63, 3.8) is 0 Å². The molecule has 2 aromatic rings. The first-order valence-corrected chi connectivity index (χ1v) is 5.25. The molecule has 2 rings (SSSR count). The summed E-state index contributed by atoms with van der Waals surface area (Å²) in [5, 5.41) is 0.396. The number of ether oxygens (including phenoxy) is 1. The highest BCUT2D eigenvalue weighted by atomic mass is 32.1. The van der Waals surface area contributed by atoms with E-state index in [1.54, 1.807) is 0 Å². The van der Waals surface area contributed by atoms with Crippen molar-refractivity contribution in [2.24, 2.45) is 0 Å². The number of hydrogen-bond donors (Lipinski definition) is 1. The maximum Gasteiger partial charge on any atom is 0.191 e. The quantitative estimate of drug-likeness (QED) is 0.899. The normalized spacial score (nSPS) is 10.4. The van der Waals surface area contributed by atoms with Crippen molar-refractivity contribution in [3.8, 4) is 5.75 Å². The molecule has 0 amide bonds. The van der Waals surface area contributed by atoms with Gasteiger partial charge >= 0.3 is 0 Å². The van der Waals surface area contributed by atoms with Gasteiger partial charge in [0.2, 0.25) is 0 Å². The van der Waals surface area contributed by atoms with E-state index in [2.05, 4.69) is 4.98 Å². The molecule has 0 aliphatic heterocycles. The summed E-state index contributed by atoms with van der Waals surface area (Å²) >= 11 is 1.22. The van der Waals surface area contributed by atoms with Gasteiger partial charge in [0.25, 0.3) is 0 Å². The molecule has 0 aliphatic carbocycles. The summed E-state index contributed by atoms with van der Waals surface area (Å²) in [5.41, 5.74) is 5.41. The lowest BCUT2D eigenvalue weighted by Gasteiger charge is -2.05. The Labute approximate surface area is 94.5 Å². The summed E-state index contributed by atoms with van der Waals surface area (Å²) in [6.45, 7) is 0.0483. The topological polar surface area (TPSA) is 48.1 Å². The van der Waals surface area contributed by atoms with E-state index in [1.165, 1.54) is 23.6 Å². The number of anilines is 1. The number of nitrogens with two attached hydrogens (primary N) is 1. The molecule has 3 nitrogen and oxygen atoms in total. The van der Waals surface area contributed by atoms with Crippen LogP contribution in [0.5, 0.6) is 5.75 Å². The molecule has 6 heteroatoms. The zero-order valence-electron chi connectivity index (χ0n) is 8.11. The fraction of sp³-hybridized carbons (Fsp3) is 0.100. The molecule has 2 N–H and O–H groups in total. The summed E-state index contributed by atoms with van der Waals surface area (Å²) in [4.78, 5) is 4.51. The van der Waals surface area contributed by atoms with Gasteiger partial charge in [-0.25, -0.2) is 13.8 Å². The van der Waals surface area contributed by atoms with Crippen molar-refractivity contribution in [2.45, 2.75) is 6.61 Å². The van der Waals surface area contributed by atoms with Crippen LogP contribution in [-0.4, -0.2) is 4.98 Å². The van der Waals surface area contributed by atoms with Crippen LogP contribution in [0.2, 0.25) is 0 Å². The van der Waals surface area contributed by atoms with Crippen LogP contribution in [0, 0.1) is 11.6 Å². The second kappa shape index (κ2) is 4.44. The Morgan fingerprint density at radius 3 is 2.56 bits per heavy atom. The van der Waals surface area contributed by atoms with Gasteiger partial charge in [0.1, 0.15) is 6.61 Å². The molecule has 0 bridgehead atoms. The summed E-state index contributed by atoms with van der Waals surface area (Å²) in [5.74, 6) is -1.83. The van der Waals surface area contributed by atoms with Gasteiger partial charge in [0.05, 0.1) is 4.88 Å². The molecule has 1 aromatic heterocycles. The molecule has 84 valence electrons. The number of para-hydroxylation sites is 1. The first-order chi connectivity index (χ1) is 7.66. The Bertz CT molecular complexity index is 481. The average molecular weight is 242 g/mol. The number of aromatic nitrogens is 1. The van der Waals surface area contributed by atoms with Crippen molar-refractivity contribution < 1.29 is 13.5 Å². The number of halogens is 2. The molecule has 0 atom stereocenters. The number of thiazole rings is 1. The highest BCUT2D eigenvalue weighted by molar-refractivity contribution is 7.15. The molecule has 0 saturated heterocycles. The van der Waals surface area contributed by atoms with E-state index in [0.717, 1.165) is 12.1 Å². The predicted molar refractivity (Wildman–Crippen MR) is 57.2 cm³/mol. The molecular weight excluding hydrogens is 234 g/mol. The van der Waals surface area contributed by atoms with E-state index in [1.807, 2.05) is 0 Å². The monoisotopic (exact) mass is 242 g/mol. The minimum atomic E-state index is -0.725. The first kappa shape index (κ1) is 10.8. The van der Waals surface area contributed by atoms with Crippen LogP contribution in [0.1, 0.15) is 4.88 Å². The van der Waals surface area contributed by atoms with Crippen LogP contribution in [0.25, 0.3) is 0 Å². The zero-order valence-corrected chi connectivity index (χ0v) is 8.93. The molecule has 0 aliphatic rings. The van der Waals surface area contributed by atoms with Gasteiger partial charge in [-0.1, -0.05) is 17.4 Å². The largest absolute Gasteiger partial charge is 0.482 e. The molecule has 0 saturated carbocycles. The summed E-state index contributed by atoms with van der Waals surface area (Å²) < 4.78 is 31.3. The fourth-order valence-electron chi connectivity index (χ4n) is 1.15. The van der Waals surface area contributed by atoms with E-state index >= 15 is 0 Å². The highest BCUT2D eigenvalue weighted by Crippen LogP contribution is 2.23. The number of benzene rings is 1. The number of nitrogen functional groups attached to an aromatic ring is 1. The summed E-state index contributed by atoms with van der Waals surface area (Å²) in [6, 6.07) is 3.56. The van der Waals surface area contributed by atoms with Gasteiger partial charge in [-0.05, 0) is 12.1 Å². The lowest BCUT2D eigenvalue weighted by Crippen LogP contribution is -1.98. The van der Waals surface area contributed by atoms with Crippen LogP contribution in [0.4, 0.5) is 13.9 Å². The molecule has 0 radical (unpaired) electrons. The van der Waals surface area contributed by atoms with Gasteiger partial charge in [-0.2, -0.15) is 0 Å². The third-order valence-electron chi connectivity index (χ3n) is 1.85. The molecule has 1 aromatic carbocycles. The maximum absolute atomic E-state index is 13.2. The number of rotatable bonds is 3. The van der Waals surface area contributed by atoms with Crippen molar-refractivity contribution in [3.05, 3.63) is 40.9 Å². The SMILES string of the molecule is Nc1ncc(COc2c(F)cccc2F)s1. The van der Waals surface area contributed by atoms with Crippen molar-refractivity contribution in [1.29, 1.82) is 0 Å². The minimum Gasteiger partial charge on any atom is -0.482 e. The molecular formula is C10H8F2N2OS. The zero-order chi connectivity index (χ0) is 11.5. The van der Waals surface area contributed by atoms with Crippen molar-refractivity contribution >= 4 is 16.5 Å². The van der Waals surface area contributed by atoms with E-state index < -0.39 is 11.6 Å². The van der Waals surface area contributed by atoms with Crippen LogP contribution in [0.15, 0.2) is 24.4 Å². The molecule has 16 heavy (non-hydrogen) atoms. The Balaban J connectivity index is 2.10. The van der Waals surface area contributed by atoms with Crippen molar-refractivity contribution in [1.82, 2.24) is 4.98 Å². The van der Waals surface area contributed by atoms with Crippen LogP contribution in [-0.2, 0) is 6.61 Å². The highest BCUT2D eigenvalue weighted by Gasteiger charge is 2.10. The number of hydrogen-bond acceptors (Lipinski definition) is 4. The van der Waals surface area contributed by atoms with Crippen LogP contribution in [0.3, 0.4) is 0 Å². The molecule has 0 spiro atoms. The Morgan fingerprint density at radius 1 is 1.31 bits per heavy atom. The van der Waals surface area contributed by atoms with Crippen LogP contribution >= 0.6 is 11.3 Å². The Morgan fingerprint density at radius 2 is 2.00 bits per heavy atom. The second-order valence-electron chi connectivity index (χ2n) is 3.00. The first-order valence-electron chi connectivity index (χ1n) is 4.44. The molecule has 0 fully saturated rings. The van der Waals surface area contributed by atoms with Gasteiger partial charge in [-0.3, -0.25) is 0 Å². The molecule has 1 heterocycles. The lowest BCUT2D eigenvalue weighted by atomic mass is 10.3.